The minimum atomic E-state index is -0.0714. The van der Waals surface area contributed by atoms with E-state index in [1.807, 2.05) is 12.1 Å². The summed E-state index contributed by atoms with van der Waals surface area (Å²) in [5.41, 5.74) is 4.45. The summed E-state index contributed by atoms with van der Waals surface area (Å²) in [6.45, 7) is 5.02. The molecule has 0 saturated carbocycles. The minimum absolute atomic E-state index is 0.0714. The third-order valence-electron chi connectivity index (χ3n) is 5.90. The molecule has 2 aliphatic rings. The van der Waals surface area contributed by atoms with Crippen LogP contribution in [-0.4, -0.2) is 27.5 Å². The summed E-state index contributed by atoms with van der Waals surface area (Å²) < 4.78 is 4.34. The first-order chi connectivity index (χ1) is 14.6. The van der Waals surface area contributed by atoms with E-state index in [2.05, 4.69) is 87.6 Å². The van der Waals surface area contributed by atoms with E-state index in [1.165, 1.54) is 16.8 Å². The Hall–Kier alpha value is -1.96. The van der Waals surface area contributed by atoms with Gasteiger partial charge in [0.1, 0.15) is 0 Å². The maximum atomic E-state index is 12.9. The van der Waals surface area contributed by atoms with Gasteiger partial charge >= 0.3 is 0 Å². The Bertz CT molecular complexity index is 1150. The molecule has 2 aliphatic heterocycles. The Morgan fingerprint density at radius 1 is 0.900 bits per heavy atom. The van der Waals surface area contributed by atoms with Gasteiger partial charge in [0.15, 0.2) is 0 Å². The second-order valence-corrected chi connectivity index (χ2v) is 9.62. The van der Waals surface area contributed by atoms with Crippen molar-refractivity contribution in [1.29, 1.82) is 0 Å². The van der Waals surface area contributed by atoms with Crippen LogP contribution in [0.15, 0.2) is 62.3 Å². The van der Waals surface area contributed by atoms with Crippen LogP contribution in [0.3, 0.4) is 0 Å². The van der Waals surface area contributed by atoms with Crippen LogP contribution in [0, 0.1) is 0 Å². The van der Waals surface area contributed by atoms with Gasteiger partial charge in [-0.05, 0) is 55.1 Å². The molecule has 7 heteroatoms. The Labute approximate surface area is 192 Å². The molecular formula is C23H22Br2N4O. The van der Waals surface area contributed by atoms with Crippen molar-refractivity contribution in [1.82, 2.24) is 14.5 Å². The molecule has 0 N–H and O–H groups in total. The van der Waals surface area contributed by atoms with Crippen molar-refractivity contribution in [3.8, 4) is 0 Å². The van der Waals surface area contributed by atoms with E-state index >= 15 is 0 Å². The van der Waals surface area contributed by atoms with Crippen molar-refractivity contribution < 1.29 is 0 Å². The van der Waals surface area contributed by atoms with Gasteiger partial charge in [0.2, 0.25) is 5.95 Å². The Balaban J connectivity index is 1.39. The van der Waals surface area contributed by atoms with Crippen molar-refractivity contribution in [3.05, 3.63) is 90.2 Å². The van der Waals surface area contributed by atoms with Crippen molar-refractivity contribution in [2.24, 2.45) is 0 Å². The third kappa shape index (κ3) is 3.86. The molecule has 0 amide bonds. The summed E-state index contributed by atoms with van der Waals surface area (Å²) in [4.78, 5) is 22.0. The zero-order chi connectivity index (χ0) is 20.7. The molecule has 2 aromatic carbocycles. The highest BCUT2D eigenvalue weighted by Crippen LogP contribution is 2.29. The summed E-state index contributed by atoms with van der Waals surface area (Å²) in [6, 6.07) is 16.7. The molecule has 5 nitrogen and oxygen atoms in total. The highest BCUT2D eigenvalue weighted by atomic mass is 79.9. The second kappa shape index (κ2) is 8.29. The summed E-state index contributed by atoms with van der Waals surface area (Å²) in [5.74, 6) is 0.814. The molecule has 1 aromatic heterocycles. The molecule has 0 spiro atoms. The maximum absolute atomic E-state index is 12.9. The molecule has 30 heavy (non-hydrogen) atoms. The van der Waals surface area contributed by atoms with E-state index in [9.17, 15) is 4.79 Å². The lowest BCUT2D eigenvalue weighted by molar-refractivity contribution is 0.239. The molecule has 3 aromatic rings. The number of hydrogen-bond acceptors (Lipinski definition) is 4. The van der Waals surface area contributed by atoms with E-state index in [0.717, 1.165) is 59.6 Å². The quantitative estimate of drug-likeness (QED) is 0.504. The van der Waals surface area contributed by atoms with Crippen molar-refractivity contribution >= 4 is 37.8 Å². The molecule has 0 saturated heterocycles. The summed E-state index contributed by atoms with van der Waals surface area (Å²) >= 11 is 7.10. The average Bonchev–Trinajstić information content (AvgIpc) is 3.14. The van der Waals surface area contributed by atoms with Crippen LogP contribution in [0.1, 0.15) is 22.4 Å². The smallest absolute Gasteiger partial charge is 0.279 e. The fourth-order valence-corrected chi connectivity index (χ4v) is 5.09. The van der Waals surface area contributed by atoms with Crippen molar-refractivity contribution in [3.63, 3.8) is 0 Å². The van der Waals surface area contributed by atoms with E-state index in [-0.39, 0.29) is 5.56 Å². The monoisotopic (exact) mass is 528 g/mol. The first kappa shape index (κ1) is 20.0. The number of anilines is 1. The Morgan fingerprint density at radius 2 is 1.73 bits per heavy atom. The van der Waals surface area contributed by atoms with Gasteiger partial charge in [0.25, 0.3) is 5.56 Å². The van der Waals surface area contributed by atoms with Crippen LogP contribution in [-0.2, 0) is 32.6 Å². The lowest BCUT2D eigenvalue weighted by Gasteiger charge is -2.30. The van der Waals surface area contributed by atoms with Gasteiger partial charge < -0.3 is 9.47 Å². The normalized spacial score (nSPS) is 15.9. The molecule has 0 aliphatic carbocycles. The highest BCUT2D eigenvalue weighted by Gasteiger charge is 2.29. The summed E-state index contributed by atoms with van der Waals surface area (Å²) in [7, 11) is 0. The van der Waals surface area contributed by atoms with Crippen LogP contribution < -0.4 is 10.5 Å². The molecule has 0 bridgehead atoms. The van der Waals surface area contributed by atoms with Gasteiger partial charge in [0.05, 0.1) is 5.56 Å². The second-order valence-electron chi connectivity index (χ2n) is 7.91. The SMILES string of the molecule is O=c1nc2n(c3c1CN(Cc1ccccc1)CC3)CCN2Cc1ccc(Br)c(Br)c1. The zero-order valence-corrected chi connectivity index (χ0v) is 19.7. The number of aromatic nitrogens is 2. The zero-order valence-electron chi connectivity index (χ0n) is 16.5. The van der Waals surface area contributed by atoms with Gasteiger partial charge in [-0.1, -0.05) is 36.4 Å². The van der Waals surface area contributed by atoms with Crippen molar-refractivity contribution in [2.75, 3.05) is 18.0 Å². The largest absolute Gasteiger partial charge is 0.336 e. The van der Waals surface area contributed by atoms with Gasteiger partial charge in [-0.25, -0.2) is 0 Å². The first-order valence-corrected chi connectivity index (χ1v) is 11.7. The fourth-order valence-electron chi connectivity index (χ4n) is 4.42. The Kier molecular flexibility index (Phi) is 5.52. The third-order valence-corrected chi connectivity index (χ3v) is 7.78. The number of halogens is 2. The van der Waals surface area contributed by atoms with E-state index < -0.39 is 0 Å². The highest BCUT2D eigenvalue weighted by molar-refractivity contribution is 9.13. The van der Waals surface area contributed by atoms with Gasteiger partial charge in [-0.15, -0.1) is 0 Å². The lowest BCUT2D eigenvalue weighted by atomic mass is 10.1. The molecule has 3 heterocycles. The number of benzene rings is 2. The molecule has 154 valence electrons. The van der Waals surface area contributed by atoms with Crippen molar-refractivity contribution in [2.45, 2.75) is 32.6 Å². The molecule has 0 unspecified atom stereocenters. The molecule has 5 rings (SSSR count). The Morgan fingerprint density at radius 3 is 2.53 bits per heavy atom. The van der Waals surface area contributed by atoms with E-state index in [0.29, 0.717) is 6.54 Å². The number of fused-ring (bicyclic) bond motifs is 3. The van der Waals surface area contributed by atoms with Crippen LogP contribution in [0.25, 0.3) is 0 Å². The molecule has 0 atom stereocenters. The standard InChI is InChI=1S/C23H22Br2N4O/c24-19-7-6-17(12-20(19)25)14-28-10-11-29-21-8-9-27(13-16-4-2-1-3-5-16)15-18(21)22(30)26-23(28)29/h1-7,12H,8-11,13-15H2. The minimum Gasteiger partial charge on any atom is -0.336 e. The molecular weight excluding hydrogens is 508 g/mol. The van der Waals surface area contributed by atoms with Crippen LogP contribution in [0.5, 0.6) is 0 Å². The lowest BCUT2D eigenvalue weighted by Crippen LogP contribution is -2.37. The maximum Gasteiger partial charge on any atom is 0.279 e. The van der Waals surface area contributed by atoms with Crippen LogP contribution in [0.4, 0.5) is 5.95 Å². The molecule has 0 radical (unpaired) electrons. The van der Waals surface area contributed by atoms with Gasteiger partial charge in [-0.2, -0.15) is 4.98 Å². The number of nitrogens with zero attached hydrogens (tertiary/aromatic N) is 4. The molecule has 0 fully saturated rings. The summed E-state index contributed by atoms with van der Waals surface area (Å²) in [5, 5.41) is 0. The number of hydrogen-bond donors (Lipinski definition) is 0. The topological polar surface area (TPSA) is 41.4 Å². The van der Waals surface area contributed by atoms with Gasteiger partial charge in [-0.3, -0.25) is 9.69 Å². The summed E-state index contributed by atoms with van der Waals surface area (Å²) in [6.07, 6.45) is 0.893. The van der Waals surface area contributed by atoms with E-state index in [1.54, 1.807) is 0 Å². The van der Waals surface area contributed by atoms with E-state index in [4.69, 9.17) is 0 Å². The predicted molar refractivity (Wildman–Crippen MR) is 126 cm³/mol. The first-order valence-electron chi connectivity index (χ1n) is 10.2. The number of rotatable bonds is 4. The van der Waals surface area contributed by atoms with Crippen LogP contribution >= 0.6 is 31.9 Å². The average molecular weight is 530 g/mol. The van der Waals surface area contributed by atoms with Gasteiger partial charge in [0, 0.05) is 60.3 Å². The fraction of sp³-hybridized carbons (Fsp3) is 0.304. The van der Waals surface area contributed by atoms with Crippen LogP contribution in [0.2, 0.25) is 0 Å². The predicted octanol–water partition coefficient (Wildman–Crippen LogP) is 4.35.